The molecule has 2 N–H and O–H groups in total. The molecular weight excluding hydrogens is 294 g/mol. The molecule has 0 spiro atoms. The molecule has 5 heteroatoms. The zero-order chi connectivity index (χ0) is 14.9. The molecule has 0 aliphatic heterocycles. The Bertz CT molecular complexity index is 754. The van der Waals surface area contributed by atoms with Gasteiger partial charge in [-0.2, -0.15) is 0 Å². The van der Waals surface area contributed by atoms with Crippen molar-refractivity contribution in [3.05, 3.63) is 58.1 Å². The van der Waals surface area contributed by atoms with Gasteiger partial charge in [0, 0.05) is 10.7 Å². The van der Waals surface area contributed by atoms with Gasteiger partial charge in [-0.25, -0.2) is 8.42 Å². The molecule has 0 aromatic heterocycles. The SMILES string of the molecule is Cc1ccc(S(=O)(=O)Cc2ccc(N)cc2Cl)cc1C. The molecule has 0 fully saturated rings. The number of halogens is 1. The second kappa shape index (κ2) is 5.46. The fourth-order valence-corrected chi connectivity index (χ4v) is 3.67. The summed E-state index contributed by atoms with van der Waals surface area (Å²) in [4.78, 5) is 0.313. The predicted molar refractivity (Wildman–Crippen MR) is 82.7 cm³/mol. The Labute approximate surface area is 124 Å². The van der Waals surface area contributed by atoms with Crippen LogP contribution < -0.4 is 5.73 Å². The van der Waals surface area contributed by atoms with Crippen LogP contribution in [0.2, 0.25) is 5.02 Å². The molecule has 106 valence electrons. The number of hydrogen-bond acceptors (Lipinski definition) is 3. The number of nitrogens with two attached hydrogens (primary N) is 1. The minimum atomic E-state index is -3.41. The highest BCUT2D eigenvalue weighted by molar-refractivity contribution is 7.90. The molecule has 0 aliphatic rings. The zero-order valence-corrected chi connectivity index (χ0v) is 12.9. The summed E-state index contributed by atoms with van der Waals surface area (Å²) in [6.07, 6.45) is 0. The second-order valence-corrected chi connectivity index (χ2v) is 7.25. The molecule has 0 atom stereocenters. The van der Waals surface area contributed by atoms with Crippen molar-refractivity contribution in [3.8, 4) is 0 Å². The van der Waals surface area contributed by atoms with E-state index in [9.17, 15) is 8.42 Å². The van der Waals surface area contributed by atoms with Crippen LogP contribution in [0.25, 0.3) is 0 Å². The summed E-state index contributed by atoms with van der Waals surface area (Å²) in [7, 11) is -3.41. The van der Waals surface area contributed by atoms with Gasteiger partial charge in [-0.3, -0.25) is 0 Å². The van der Waals surface area contributed by atoms with E-state index in [0.717, 1.165) is 11.1 Å². The summed E-state index contributed by atoms with van der Waals surface area (Å²) >= 11 is 6.04. The summed E-state index contributed by atoms with van der Waals surface area (Å²) in [5, 5.41) is 0.373. The molecule has 0 saturated carbocycles. The van der Waals surface area contributed by atoms with Crippen molar-refractivity contribution < 1.29 is 8.42 Å². The van der Waals surface area contributed by atoms with Crippen LogP contribution in [0.15, 0.2) is 41.3 Å². The Balaban J connectivity index is 2.38. The van der Waals surface area contributed by atoms with E-state index in [1.165, 1.54) is 0 Å². The Morgan fingerprint density at radius 1 is 1.05 bits per heavy atom. The van der Waals surface area contributed by atoms with E-state index in [0.29, 0.717) is 21.2 Å². The van der Waals surface area contributed by atoms with Crippen molar-refractivity contribution in [2.45, 2.75) is 24.5 Å². The van der Waals surface area contributed by atoms with E-state index in [4.69, 9.17) is 17.3 Å². The van der Waals surface area contributed by atoms with Crippen molar-refractivity contribution >= 4 is 27.1 Å². The molecule has 0 saturated heterocycles. The van der Waals surface area contributed by atoms with Crippen LogP contribution >= 0.6 is 11.6 Å². The zero-order valence-electron chi connectivity index (χ0n) is 11.4. The van der Waals surface area contributed by atoms with E-state index in [2.05, 4.69) is 0 Å². The van der Waals surface area contributed by atoms with Gasteiger partial charge in [-0.05, 0) is 54.8 Å². The average molecular weight is 310 g/mol. The number of rotatable bonds is 3. The lowest BCUT2D eigenvalue weighted by Gasteiger charge is -2.09. The number of anilines is 1. The third-order valence-corrected chi connectivity index (χ3v) is 5.28. The van der Waals surface area contributed by atoms with Crippen LogP contribution in [-0.2, 0) is 15.6 Å². The van der Waals surface area contributed by atoms with Gasteiger partial charge in [0.1, 0.15) is 0 Å². The highest BCUT2D eigenvalue weighted by atomic mass is 35.5. The molecule has 0 amide bonds. The lowest BCUT2D eigenvalue weighted by Crippen LogP contribution is -2.06. The van der Waals surface area contributed by atoms with E-state index in [1.807, 2.05) is 19.9 Å². The van der Waals surface area contributed by atoms with Crippen LogP contribution in [0.4, 0.5) is 5.69 Å². The van der Waals surface area contributed by atoms with Crippen molar-refractivity contribution in [1.29, 1.82) is 0 Å². The van der Waals surface area contributed by atoms with E-state index in [1.54, 1.807) is 30.3 Å². The number of aryl methyl sites for hydroxylation is 2. The topological polar surface area (TPSA) is 60.2 Å². The van der Waals surface area contributed by atoms with Crippen LogP contribution in [0.3, 0.4) is 0 Å². The van der Waals surface area contributed by atoms with Gasteiger partial charge < -0.3 is 5.73 Å². The highest BCUT2D eigenvalue weighted by Gasteiger charge is 2.17. The molecule has 20 heavy (non-hydrogen) atoms. The molecule has 0 unspecified atom stereocenters. The summed E-state index contributed by atoms with van der Waals surface area (Å²) in [5.41, 5.74) is 8.69. The molecule has 2 aromatic rings. The number of sulfone groups is 1. The maximum Gasteiger partial charge on any atom is 0.182 e. The smallest absolute Gasteiger partial charge is 0.182 e. The molecule has 2 rings (SSSR count). The van der Waals surface area contributed by atoms with Crippen LogP contribution in [-0.4, -0.2) is 8.42 Å². The average Bonchev–Trinajstić information content (AvgIpc) is 2.36. The monoisotopic (exact) mass is 309 g/mol. The Kier molecular flexibility index (Phi) is 4.06. The van der Waals surface area contributed by atoms with Gasteiger partial charge in [0.05, 0.1) is 10.6 Å². The maximum atomic E-state index is 12.4. The number of hydrogen-bond donors (Lipinski definition) is 1. The first-order valence-electron chi connectivity index (χ1n) is 6.13. The maximum absolute atomic E-state index is 12.4. The Hall–Kier alpha value is -1.52. The number of benzene rings is 2. The third kappa shape index (κ3) is 3.14. The molecule has 3 nitrogen and oxygen atoms in total. The summed E-state index contributed by atoms with van der Waals surface area (Å²) in [6, 6.07) is 9.99. The van der Waals surface area contributed by atoms with Crippen molar-refractivity contribution in [2.75, 3.05) is 5.73 Å². The summed E-state index contributed by atoms with van der Waals surface area (Å²) < 4.78 is 24.8. The molecule has 0 heterocycles. The van der Waals surface area contributed by atoms with Crippen LogP contribution in [0.5, 0.6) is 0 Å². The first-order chi connectivity index (χ1) is 9.29. The lowest BCUT2D eigenvalue weighted by atomic mass is 10.1. The molecule has 0 aliphatic carbocycles. The predicted octanol–water partition coefficient (Wildman–Crippen LogP) is 3.51. The quantitative estimate of drug-likeness (QED) is 0.883. The van der Waals surface area contributed by atoms with Gasteiger partial charge in [-0.15, -0.1) is 0 Å². The van der Waals surface area contributed by atoms with E-state index < -0.39 is 9.84 Å². The molecule has 0 radical (unpaired) electrons. The lowest BCUT2D eigenvalue weighted by molar-refractivity contribution is 0.595. The largest absolute Gasteiger partial charge is 0.399 e. The van der Waals surface area contributed by atoms with Gasteiger partial charge in [-0.1, -0.05) is 23.7 Å². The fraction of sp³-hybridized carbons (Fsp3) is 0.200. The summed E-state index contributed by atoms with van der Waals surface area (Å²) in [5.74, 6) is -0.130. The summed E-state index contributed by atoms with van der Waals surface area (Å²) in [6.45, 7) is 3.84. The van der Waals surface area contributed by atoms with Gasteiger partial charge in [0.15, 0.2) is 9.84 Å². The molecule has 0 bridgehead atoms. The van der Waals surface area contributed by atoms with E-state index >= 15 is 0 Å². The van der Waals surface area contributed by atoms with Crippen molar-refractivity contribution in [3.63, 3.8) is 0 Å². The first kappa shape index (κ1) is 14.9. The standard InChI is InChI=1S/C15H16ClNO2S/c1-10-3-6-14(7-11(10)2)20(18,19)9-12-4-5-13(17)8-15(12)16/h3-8H,9,17H2,1-2H3. The first-order valence-corrected chi connectivity index (χ1v) is 8.16. The normalized spacial score (nSPS) is 11.6. The molecule has 2 aromatic carbocycles. The third-order valence-electron chi connectivity index (χ3n) is 3.26. The Morgan fingerprint density at radius 3 is 2.35 bits per heavy atom. The Morgan fingerprint density at radius 2 is 1.75 bits per heavy atom. The highest BCUT2D eigenvalue weighted by Crippen LogP contribution is 2.25. The second-order valence-electron chi connectivity index (χ2n) is 4.86. The molecular formula is C15H16ClNO2S. The number of nitrogen functional groups attached to an aromatic ring is 1. The van der Waals surface area contributed by atoms with Gasteiger partial charge in [0.25, 0.3) is 0 Å². The van der Waals surface area contributed by atoms with Crippen molar-refractivity contribution in [2.24, 2.45) is 0 Å². The van der Waals surface area contributed by atoms with Gasteiger partial charge >= 0.3 is 0 Å². The van der Waals surface area contributed by atoms with Crippen molar-refractivity contribution in [1.82, 2.24) is 0 Å². The van der Waals surface area contributed by atoms with Crippen LogP contribution in [0, 0.1) is 13.8 Å². The fourth-order valence-electron chi connectivity index (χ4n) is 1.88. The van der Waals surface area contributed by atoms with Crippen LogP contribution in [0.1, 0.15) is 16.7 Å². The minimum Gasteiger partial charge on any atom is -0.399 e. The van der Waals surface area contributed by atoms with Gasteiger partial charge in [0.2, 0.25) is 0 Å². The van der Waals surface area contributed by atoms with E-state index in [-0.39, 0.29) is 5.75 Å². The minimum absolute atomic E-state index is 0.130.